The molecule has 0 radical (unpaired) electrons. The van der Waals surface area contributed by atoms with Crippen molar-refractivity contribution in [1.29, 1.82) is 0 Å². The van der Waals surface area contributed by atoms with Gasteiger partial charge in [-0.15, -0.1) is 0 Å². The van der Waals surface area contributed by atoms with Crippen molar-refractivity contribution in [2.75, 3.05) is 11.9 Å². The van der Waals surface area contributed by atoms with Crippen LogP contribution in [0.25, 0.3) is 0 Å². The summed E-state index contributed by atoms with van der Waals surface area (Å²) in [4.78, 5) is 12.3. The number of anilines is 1. The SMILES string of the molecule is Cc1ccc(NC(=O)c2n[nH]c3c2CNCC3)cc1C. The molecule has 2 heterocycles. The van der Waals surface area contributed by atoms with Crippen LogP contribution in [0.4, 0.5) is 5.69 Å². The molecule has 0 saturated carbocycles. The number of hydrogen-bond donors (Lipinski definition) is 3. The average molecular weight is 270 g/mol. The Bertz CT molecular complexity index is 660. The first-order valence-electron chi connectivity index (χ1n) is 6.80. The molecule has 1 aromatic heterocycles. The topological polar surface area (TPSA) is 69.8 Å². The number of aromatic nitrogens is 2. The summed E-state index contributed by atoms with van der Waals surface area (Å²) in [5, 5.41) is 13.3. The highest BCUT2D eigenvalue weighted by molar-refractivity contribution is 6.04. The van der Waals surface area contributed by atoms with Crippen LogP contribution >= 0.6 is 0 Å². The average Bonchev–Trinajstić information content (AvgIpc) is 2.87. The van der Waals surface area contributed by atoms with Crippen LogP contribution in [0, 0.1) is 13.8 Å². The van der Waals surface area contributed by atoms with Gasteiger partial charge in [-0.2, -0.15) is 5.10 Å². The molecule has 1 aliphatic heterocycles. The summed E-state index contributed by atoms with van der Waals surface area (Å²) in [6, 6.07) is 5.90. The highest BCUT2D eigenvalue weighted by Gasteiger charge is 2.21. The van der Waals surface area contributed by atoms with Gasteiger partial charge >= 0.3 is 0 Å². The number of rotatable bonds is 2. The monoisotopic (exact) mass is 270 g/mol. The second-order valence-corrected chi connectivity index (χ2v) is 5.21. The molecule has 0 unspecified atom stereocenters. The maximum absolute atomic E-state index is 12.3. The van der Waals surface area contributed by atoms with E-state index in [9.17, 15) is 4.79 Å². The van der Waals surface area contributed by atoms with Gasteiger partial charge in [0.1, 0.15) is 0 Å². The van der Waals surface area contributed by atoms with Gasteiger partial charge in [-0.3, -0.25) is 9.89 Å². The molecule has 2 aromatic rings. The van der Waals surface area contributed by atoms with Crippen molar-refractivity contribution in [1.82, 2.24) is 15.5 Å². The molecule has 3 N–H and O–H groups in total. The Morgan fingerprint density at radius 1 is 1.30 bits per heavy atom. The molecule has 1 aliphatic rings. The number of hydrogen-bond acceptors (Lipinski definition) is 3. The zero-order valence-corrected chi connectivity index (χ0v) is 11.7. The molecule has 5 nitrogen and oxygen atoms in total. The number of aryl methyl sites for hydroxylation is 2. The molecule has 0 fully saturated rings. The number of amides is 1. The predicted octanol–water partition coefficient (Wildman–Crippen LogP) is 1.92. The summed E-state index contributed by atoms with van der Waals surface area (Å²) >= 11 is 0. The van der Waals surface area contributed by atoms with Crippen LogP contribution in [-0.4, -0.2) is 22.6 Å². The van der Waals surface area contributed by atoms with Crippen LogP contribution in [0.1, 0.15) is 32.9 Å². The van der Waals surface area contributed by atoms with Crippen molar-refractivity contribution >= 4 is 11.6 Å². The maximum atomic E-state index is 12.3. The second-order valence-electron chi connectivity index (χ2n) is 5.21. The maximum Gasteiger partial charge on any atom is 0.276 e. The van der Waals surface area contributed by atoms with Crippen LogP contribution in [0.5, 0.6) is 0 Å². The summed E-state index contributed by atoms with van der Waals surface area (Å²) in [5.41, 5.74) is 5.72. The fourth-order valence-electron chi connectivity index (χ4n) is 2.42. The zero-order valence-electron chi connectivity index (χ0n) is 11.7. The summed E-state index contributed by atoms with van der Waals surface area (Å²) in [6.07, 6.45) is 0.888. The smallest absolute Gasteiger partial charge is 0.276 e. The van der Waals surface area contributed by atoms with Crippen molar-refractivity contribution in [3.63, 3.8) is 0 Å². The molecule has 104 valence electrons. The first kappa shape index (κ1) is 12.9. The quantitative estimate of drug-likeness (QED) is 0.781. The van der Waals surface area contributed by atoms with E-state index in [2.05, 4.69) is 27.8 Å². The van der Waals surface area contributed by atoms with Gasteiger partial charge in [0.15, 0.2) is 5.69 Å². The summed E-state index contributed by atoms with van der Waals surface area (Å²) in [7, 11) is 0. The van der Waals surface area contributed by atoms with Crippen molar-refractivity contribution in [3.8, 4) is 0 Å². The van der Waals surface area contributed by atoms with Gasteiger partial charge in [-0.05, 0) is 37.1 Å². The largest absolute Gasteiger partial charge is 0.321 e. The van der Waals surface area contributed by atoms with Crippen molar-refractivity contribution in [2.45, 2.75) is 26.8 Å². The molecule has 1 amide bonds. The molecule has 5 heteroatoms. The third-order valence-electron chi connectivity index (χ3n) is 3.79. The van der Waals surface area contributed by atoms with E-state index in [1.165, 1.54) is 5.56 Å². The Kier molecular flexibility index (Phi) is 3.28. The minimum Gasteiger partial charge on any atom is -0.321 e. The number of carbonyl (C=O) groups excluding carboxylic acids is 1. The lowest BCUT2D eigenvalue weighted by Gasteiger charge is -2.13. The van der Waals surface area contributed by atoms with Gasteiger partial charge in [0, 0.05) is 36.5 Å². The molecule has 0 bridgehead atoms. The third-order valence-corrected chi connectivity index (χ3v) is 3.79. The lowest BCUT2D eigenvalue weighted by Crippen LogP contribution is -2.25. The molecule has 0 saturated heterocycles. The molecule has 20 heavy (non-hydrogen) atoms. The summed E-state index contributed by atoms with van der Waals surface area (Å²) in [5.74, 6) is -0.158. The van der Waals surface area contributed by atoms with Gasteiger partial charge in [0.25, 0.3) is 5.91 Å². The molecule has 1 aromatic carbocycles. The van der Waals surface area contributed by atoms with Gasteiger partial charge in [0.2, 0.25) is 0 Å². The number of fused-ring (bicyclic) bond motifs is 1. The lowest BCUT2D eigenvalue weighted by atomic mass is 10.1. The van der Waals surface area contributed by atoms with E-state index in [4.69, 9.17) is 0 Å². The lowest BCUT2D eigenvalue weighted by molar-refractivity contribution is 0.102. The molecular formula is C15H18N4O. The number of carbonyl (C=O) groups is 1. The Hall–Kier alpha value is -2.14. The Labute approximate surface area is 117 Å². The first-order valence-corrected chi connectivity index (χ1v) is 6.80. The van der Waals surface area contributed by atoms with Crippen molar-refractivity contribution in [3.05, 3.63) is 46.3 Å². The zero-order chi connectivity index (χ0) is 14.1. The summed E-state index contributed by atoms with van der Waals surface area (Å²) < 4.78 is 0. The minimum atomic E-state index is -0.158. The molecular weight excluding hydrogens is 252 g/mol. The van der Waals surface area contributed by atoms with Crippen molar-refractivity contribution in [2.24, 2.45) is 0 Å². The third kappa shape index (κ3) is 2.32. The number of benzene rings is 1. The summed E-state index contributed by atoms with van der Waals surface area (Å²) in [6.45, 7) is 5.71. The number of nitrogens with one attached hydrogen (secondary N) is 3. The number of nitrogens with zero attached hydrogens (tertiary/aromatic N) is 1. The standard InChI is InChI=1S/C15H18N4O/c1-9-3-4-11(7-10(9)2)17-15(20)14-12-8-16-6-5-13(12)18-19-14/h3-4,7,16H,5-6,8H2,1-2H3,(H,17,20)(H,18,19). The van der Waals surface area contributed by atoms with E-state index >= 15 is 0 Å². The van der Waals surface area contributed by atoms with E-state index in [0.717, 1.165) is 35.5 Å². The van der Waals surface area contributed by atoms with E-state index in [1.54, 1.807) is 0 Å². The molecule has 0 aliphatic carbocycles. The number of aromatic amines is 1. The first-order chi connectivity index (χ1) is 9.65. The van der Waals surface area contributed by atoms with Crippen LogP contribution < -0.4 is 10.6 Å². The van der Waals surface area contributed by atoms with E-state index in [-0.39, 0.29) is 5.91 Å². The second kappa shape index (κ2) is 5.09. The highest BCUT2D eigenvalue weighted by atomic mass is 16.1. The van der Waals surface area contributed by atoms with E-state index in [0.29, 0.717) is 12.2 Å². The normalized spacial score (nSPS) is 13.9. The van der Waals surface area contributed by atoms with Crippen LogP contribution in [0.3, 0.4) is 0 Å². The van der Waals surface area contributed by atoms with E-state index in [1.807, 2.05) is 25.1 Å². The van der Waals surface area contributed by atoms with Crippen LogP contribution in [0.2, 0.25) is 0 Å². The molecule has 3 rings (SSSR count). The minimum absolute atomic E-state index is 0.158. The molecule has 0 spiro atoms. The van der Waals surface area contributed by atoms with Gasteiger partial charge in [0.05, 0.1) is 0 Å². The van der Waals surface area contributed by atoms with Gasteiger partial charge in [-0.1, -0.05) is 6.07 Å². The van der Waals surface area contributed by atoms with E-state index < -0.39 is 0 Å². The van der Waals surface area contributed by atoms with Gasteiger partial charge in [-0.25, -0.2) is 0 Å². The van der Waals surface area contributed by atoms with Crippen LogP contribution in [0.15, 0.2) is 18.2 Å². The van der Waals surface area contributed by atoms with Crippen molar-refractivity contribution < 1.29 is 4.79 Å². The Morgan fingerprint density at radius 3 is 2.95 bits per heavy atom. The molecule has 0 atom stereocenters. The van der Waals surface area contributed by atoms with Gasteiger partial charge < -0.3 is 10.6 Å². The fourth-order valence-corrected chi connectivity index (χ4v) is 2.42. The predicted molar refractivity (Wildman–Crippen MR) is 77.9 cm³/mol. The Balaban J connectivity index is 1.82. The van der Waals surface area contributed by atoms with Crippen LogP contribution in [-0.2, 0) is 13.0 Å². The fraction of sp³-hybridized carbons (Fsp3) is 0.333. The highest BCUT2D eigenvalue weighted by Crippen LogP contribution is 2.18. The number of H-pyrrole nitrogens is 1. The Morgan fingerprint density at radius 2 is 2.15 bits per heavy atom.